The Morgan fingerprint density at radius 2 is 1.96 bits per heavy atom. The van der Waals surface area contributed by atoms with Gasteiger partial charge in [0.25, 0.3) is 0 Å². The van der Waals surface area contributed by atoms with Crippen LogP contribution in [-0.4, -0.2) is 41.5 Å². The predicted octanol–water partition coefficient (Wildman–Crippen LogP) is 3.38. The molecule has 144 valence electrons. The van der Waals surface area contributed by atoms with E-state index >= 15 is 0 Å². The monoisotopic (exact) mass is 396 g/mol. The van der Waals surface area contributed by atoms with Gasteiger partial charge in [-0.15, -0.1) is 5.10 Å². The molecule has 1 atom stereocenters. The van der Waals surface area contributed by atoms with Crippen molar-refractivity contribution in [3.05, 3.63) is 53.4 Å². The maximum Gasteiger partial charge on any atom is 0.185 e. The van der Waals surface area contributed by atoms with Gasteiger partial charge >= 0.3 is 0 Å². The third-order valence-electron chi connectivity index (χ3n) is 4.77. The van der Waals surface area contributed by atoms with Gasteiger partial charge in [0, 0.05) is 29.8 Å². The summed E-state index contributed by atoms with van der Waals surface area (Å²) in [6.45, 7) is 2.19. The summed E-state index contributed by atoms with van der Waals surface area (Å²) >= 11 is 6.04. The van der Waals surface area contributed by atoms with E-state index in [-0.39, 0.29) is 12.5 Å². The molecule has 0 aliphatic carbocycles. The molecule has 0 saturated heterocycles. The van der Waals surface area contributed by atoms with E-state index in [1.54, 1.807) is 15.6 Å². The third-order valence-corrected chi connectivity index (χ3v) is 5.02. The molecule has 0 amide bonds. The van der Waals surface area contributed by atoms with Crippen molar-refractivity contribution >= 4 is 11.6 Å². The number of aryl methyl sites for hydroxylation is 2. The Morgan fingerprint density at radius 1 is 1.18 bits per heavy atom. The number of aliphatic hydroxyl groups excluding tert-OH is 1. The second kappa shape index (κ2) is 7.69. The van der Waals surface area contributed by atoms with Gasteiger partial charge in [-0.2, -0.15) is 15.3 Å². The van der Waals surface area contributed by atoms with Crippen molar-refractivity contribution in [2.45, 2.75) is 19.8 Å². The molecule has 2 aromatic rings. The summed E-state index contributed by atoms with van der Waals surface area (Å²) in [4.78, 5) is 0. The summed E-state index contributed by atoms with van der Waals surface area (Å²) in [7, 11) is 1.86. The van der Waals surface area contributed by atoms with Gasteiger partial charge in [0.05, 0.1) is 23.8 Å². The number of fused-ring (bicyclic) bond motifs is 1. The van der Waals surface area contributed by atoms with E-state index in [4.69, 9.17) is 16.7 Å². The van der Waals surface area contributed by atoms with Crippen LogP contribution < -0.4 is 0 Å². The highest BCUT2D eigenvalue weighted by atomic mass is 35.5. The van der Waals surface area contributed by atoms with Crippen molar-refractivity contribution in [2.75, 3.05) is 6.61 Å². The normalized spacial score (nSPS) is 12.6. The summed E-state index contributed by atoms with van der Waals surface area (Å²) in [6, 6.07) is 9.61. The Kier molecular flexibility index (Phi) is 5.11. The highest BCUT2D eigenvalue weighted by Crippen LogP contribution is 2.31. The van der Waals surface area contributed by atoms with Crippen LogP contribution in [0, 0.1) is 5.92 Å². The summed E-state index contributed by atoms with van der Waals surface area (Å²) in [5.41, 5.74) is 4.44. The minimum absolute atomic E-state index is 0.166. The summed E-state index contributed by atoms with van der Waals surface area (Å²) < 4.78 is 3.50. The largest absolute Gasteiger partial charge is 0.396 e. The van der Waals surface area contributed by atoms with Gasteiger partial charge in [0.1, 0.15) is 5.69 Å². The standard InChI is InChI=1S/C20H21ClN6O/c1-13(12-28)3-8-18-17-9-19(14-4-6-15(21)7-5-14)25-27(20(17)24-23-18)16-10-22-26(2)11-16/h4-7,9-11,13,28H,3,8,12H2,1-2H3/t13-/m1/s1. The van der Waals surface area contributed by atoms with Crippen LogP contribution in [0.15, 0.2) is 42.7 Å². The molecule has 3 heterocycles. The van der Waals surface area contributed by atoms with Crippen LogP contribution in [0.3, 0.4) is 0 Å². The molecule has 28 heavy (non-hydrogen) atoms. The van der Waals surface area contributed by atoms with Gasteiger partial charge in [-0.3, -0.25) is 4.68 Å². The fourth-order valence-electron chi connectivity index (χ4n) is 3.09. The number of rotatable bonds is 6. The van der Waals surface area contributed by atoms with Crippen LogP contribution in [0.4, 0.5) is 0 Å². The van der Waals surface area contributed by atoms with Gasteiger partial charge in [0.15, 0.2) is 5.82 Å². The summed E-state index contributed by atoms with van der Waals surface area (Å²) in [6.07, 6.45) is 5.23. The number of nitrogens with zero attached hydrogens (tertiary/aromatic N) is 6. The maximum absolute atomic E-state index is 9.32. The Balaban J connectivity index is 1.83. The van der Waals surface area contributed by atoms with Crippen LogP contribution in [0.5, 0.6) is 0 Å². The lowest BCUT2D eigenvalue weighted by atomic mass is 10.0. The van der Waals surface area contributed by atoms with Crippen molar-refractivity contribution in [2.24, 2.45) is 13.0 Å². The molecule has 4 rings (SSSR count). The number of aromatic nitrogens is 6. The second-order valence-electron chi connectivity index (χ2n) is 7.03. The van der Waals surface area contributed by atoms with Gasteiger partial charge < -0.3 is 5.11 Å². The number of aliphatic hydroxyl groups is 1. The molecule has 1 aromatic carbocycles. The van der Waals surface area contributed by atoms with Crippen LogP contribution >= 0.6 is 11.6 Å². The smallest absolute Gasteiger partial charge is 0.185 e. The molecule has 0 unspecified atom stereocenters. The Labute approximate surface area is 167 Å². The van der Waals surface area contributed by atoms with Crippen molar-refractivity contribution in [3.63, 3.8) is 0 Å². The average Bonchev–Trinajstić information content (AvgIpc) is 3.32. The molecule has 2 aliphatic rings. The maximum atomic E-state index is 9.32. The third kappa shape index (κ3) is 3.63. The van der Waals surface area contributed by atoms with E-state index in [0.29, 0.717) is 10.8 Å². The van der Waals surface area contributed by atoms with E-state index in [1.165, 1.54) is 0 Å². The Morgan fingerprint density at radius 3 is 2.64 bits per heavy atom. The number of benzene rings is 1. The summed E-state index contributed by atoms with van der Waals surface area (Å²) in [5.74, 6) is 0.909. The first-order chi connectivity index (χ1) is 13.5. The molecule has 0 fully saturated rings. The minimum atomic E-state index is 0.166. The van der Waals surface area contributed by atoms with Gasteiger partial charge in [-0.05, 0) is 37.0 Å². The Bertz CT molecular complexity index is 1060. The van der Waals surface area contributed by atoms with Crippen LogP contribution in [-0.2, 0) is 13.5 Å². The molecule has 2 aliphatic heterocycles. The zero-order chi connectivity index (χ0) is 19.7. The lowest BCUT2D eigenvalue weighted by Gasteiger charge is -2.12. The fraction of sp³-hybridized carbons (Fsp3) is 0.300. The van der Waals surface area contributed by atoms with Crippen LogP contribution in [0.2, 0.25) is 5.02 Å². The number of halogens is 1. The first kappa shape index (κ1) is 18.6. The van der Waals surface area contributed by atoms with Gasteiger partial charge in [-0.1, -0.05) is 30.7 Å². The van der Waals surface area contributed by atoms with E-state index in [1.807, 2.05) is 50.5 Å². The number of hydrogen-bond acceptors (Lipinski definition) is 5. The highest BCUT2D eigenvalue weighted by Gasteiger charge is 2.21. The van der Waals surface area contributed by atoms with E-state index in [9.17, 15) is 5.11 Å². The van der Waals surface area contributed by atoms with Crippen molar-refractivity contribution < 1.29 is 5.11 Å². The molecule has 1 N–H and O–H groups in total. The SMILES string of the molecule is C[C@@H](CO)CCc1nnc2n(-c3cnn(C)c3)nc(-c3ccc(Cl)cc3)cc1-2. The van der Waals surface area contributed by atoms with E-state index < -0.39 is 0 Å². The molecule has 0 spiro atoms. The highest BCUT2D eigenvalue weighted by molar-refractivity contribution is 6.30. The van der Waals surface area contributed by atoms with Gasteiger partial charge in [-0.25, -0.2) is 4.68 Å². The molecule has 0 saturated carbocycles. The fourth-order valence-corrected chi connectivity index (χ4v) is 3.21. The quantitative estimate of drug-likeness (QED) is 0.540. The van der Waals surface area contributed by atoms with Crippen molar-refractivity contribution in [1.82, 2.24) is 29.8 Å². The molecule has 0 bridgehead atoms. The zero-order valence-corrected chi connectivity index (χ0v) is 16.5. The first-order valence-corrected chi connectivity index (χ1v) is 9.54. The van der Waals surface area contributed by atoms with E-state index in [0.717, 1.165) is 41.0 Å². The molecule has 7 nitrogen and oxygen atoms in total. The Hall–Kier alpha value is -2.77. The van der Waals surface area contributed by atoms with E-state index in [2.05, 4.69) is 15.3 Å². The van der Waals surface area contributed by atoms with Gasteiger partial charge in [0.2, 0.25) is 0 Å². The van der Waals surface area contributed by atoms with Crippen LogP contribution in [0.25, 0.3) is 28.3 Å². The summed E-state index contributed by atoms with van der Waals surface area (Å²) in [5, 5.41) is 27.8. The lowest BCUT2D eigenvalue weighted by molar-refractivity contribution is 0.230. The average molecular weight is 397 g/mol. The molecule has 1 aromatic heterocycles. The number of hydrogen-bond donors (Lipinski definition) is 1. The molecule has 0 radical (unpaired) electrons. The van der Waals surface area contributed by atoms with Crippen molar-refractivity contribution in [1.29, 1.82) is 0 Å². The second-order valence-corrected chi connectivity index (χ2v) is 7.47. The first-order valence-electron chi connectivity index (χ1n) is 9.16. The van der Waals surface area contributed by atoms with Crippen molar-refractivity contribution in [3.8, 4) is 28.3 Å². The predicted molar refractivity (Wildman–Crippen MR) is 108 cm³/mol. The zero-order valence-electron chi connectivity index (χ0n) is 15.7. The molecule has 8 heteroatoms. The molecular weight excluding hydrogens is 376 g/mol. The minimum Gasteiger partial charge on any atom is -0.396 e. The topological polar surface area (TPSA) is 81.7 Å². The molecular formula is C20H21ClN6O. The lowest BCUT2D eigenvalue weighted by Crippen LogP contribution is -2.08. The van der Waals surface area contributed by atoms with Crippen LogP contribution in [0.1, 0.15) is 19.0 Å².